The van der Waals surface area contributed by atoms with E-state index in [0.717, 1.165) is 0 Å². The van der Waals surface area contributed by atoms with E-state index in [0.29, 0.717) is 0 Å². The second kappa shape index (κ2) is 4.75. The summed E-state index contributed by atoms with van der Waals surface area (Å²) >= 11 is 6.63. The molecule has 2 nitrogen and oxygen atoms in total. The van der Waals surface area contributed by atoms with Gasteiger partial charge in [-0.25, -0.2) is 0 Å². The van der Waals surface area contributed by atoms with Crippen molar-refractivity contribution in [2.75, 3.05) is 0 Å². The molecule has 1 N–H and O–H groups in total. The molecule has 1 rings (SSSR count). The van der Waals surface area contributed by atoms with Crippen molar-refractivity contribution >= 4 is 17.9 Å². The first-order chi connectivity index (χ1) is 7.46. The van der Waals surface area contributed by atoms with Crippen LogP contribution in [-0.2, 0) is 0 Å². The van der Waals surface area contributed by atoms with Gasteiger partial charge in [-0.15, -0.1) is 11.5 Å². The van der Waals surface area contributed by atoms with Crippen LogP contribution in [0.15, 0.2) is 0 Å². The van der Waals surface area contributed by atoms with E-state index in [1.54, 1.807) is 0 Å². The largest absolute Gasteiger partial charge is 0.417 e. The highest BCUT2D eigenvalue weighted by Gasteiger charge is 2.46. The number of hydrogen-bond donors (Lipinski definition) is 1. The number of hydrogen-bond acceptors (Lipinski definition) is 2. The first-order valence-corrected chi connectivity index (χ1v) is 7.11. The van der Waals surface area contributed by atoms with Crippen molar-refractivity contribution in [2.45, 2.75) is 84.3 Å². The highest BCUT2D eigenvalue weighted by molar-refractivity contribution is 7.04. The van der Waals surface area contributed by atoms with Gasteiger partial charge in [-0.1, -0.05) is 0 Å². The average Bonchev–Trinajstić information content (AvgIpc) is 1.94. The predicted octanol–water partition coefficient (Wildman–Crippen LogP) is 3.64. The van der Waals surface area contributed by atoms with Crippen molar-refractivity contribution in [1.82, 2.24) is 10.0 Å². The van der Waals surface area contributed by atoms with Gasteiger partial charge in [0.15, 0.2) is 0 Å². The summed E-state index contributed by atoms with van der Waals surface area (Å²) in [5, 5.41) is 3.49. The third-order valence-electron chi connectivity index (χ3n) is 3.66. The molecule has 0 amide bonds. The smallest absolute Gasteiger partial charge is 0.323 e. The van der Waals surface area contributed by atoms with Crippen molar-refractivity contribution < 1.29 is 0 Å². The minimum Gasteiger partial charge on any atom is -0.323 e. The number of nitrogens with zero attached hydrogens (tertiary/aromatic N) is 1. The summed E-state index contributed by atoms with van der Waals surface area (Å²) < 4.78 is 0. The Labute approximate surface area is 113 Å². The van der Waals surface area contributed by atoms with Gasteiger partial charge in [-0.05, 0) is 67.7 Å². The summed E-state index contributed by atoms with van der Waals surface area (Å²) in [6.07, 6.45) is 3.60. The fraction of sp³-hybridized carbons (Fsp3) is 1.00. The zero-order valence-corrected chi connectivity index (χ0v) is 13.3. The summed E-state index contributed by atoms with van der Waals surface area (Å²) in [6, 6.07) is 0. The van der Waals surface area contributed by atoms with Crippen molar-refractivity contribution in [1.29, 1.82) is 0 Å². The van der Waals surface area contributed by atoms with E-state index in [-0.39, 0.29) is 23.0 Å². The molecule has 0 bridgehead atoms. The fourth-order valence-electron chi connectivity index (χ4n) is 3.05. The molecule has 0 radical (unpaired) electrons. The lowest BCUT2D eigenvalue weighted by molar-refractivity contribution is 0.0485. The Morgan fingerprint density at radius 3 is 1.82 bits per heavy atom. The van der Waals surface area contributed by atoms with E-state index in [1.165, 1.54) is 19.3 Å². The van der Waals surface area contributed by atoms with Crippen LogP contribution in [0.5, 0.6) is 0 Å². The third kappa shape index (κ3) is 3.87. The van der Waals surface area contributed by atoms with Crippen LogP contribution in [0.1, 0.15) is 67.7 Å². The third-order valence-corrected chi connectivity index (χ3v) is 3.96. The number of piperidine rings is 1. The van der Waals surface area contributed by atoms with Crippen molar-refractivity contribution in [3.8, 4) is 0 Å². The highest BCUT2D eigenvalue weighted by atomic mass is 35.5. The van der Waals surface area contributed by atoms with Gasteiger partial charge >= 0.3 is 6.40 Å². The average molecular weight is 259 g/mol. The Morgan fingerprint density at radius 2 is 1.47 bits per heavy atom. The number of halogens is 1. The minimum absolute atomic E-state index is 0.0377. The van der Waals surface area contributed by atoms with Gasteiger partial charge in [-0.2, -0.15) is 0 Å². The molecule has 1 heterocycles. The molecule has 0 aromatic rings. The quantitative estimate of drug-likeness (QED) is 0.761. The monoisotopic (exact) mass is 258 g/mol. The molecular weight excluding hydrogens is 230 g/mol. The first kappa shape index (κ1) is 15.3. The lowest BCUT2D eigenvalue weighted by atomic mass is 9.73. The summed E-state index contributed by atoms with van der Waals surface area (Å²) in [5.74, 6) is 0. The first-order valence-electron chi connectivity index (χ1n) is 6.67. The van der Waals surface area contributed by atoms with Gasteiger partial charge < -0.3 is 10.0 Å². The van der Waals surface area contributed by atoms with Crippen LogP contribution in [-0.4, -0.2) is 27.8 Å². The topological polar surface area (TPSA) is 15.3 Å². The van der Waals surface area contributed by atoms with Crippen LogP contribution in [0, 0.1) is 0 Å². The van der Waals surface area contributed by atoms with Crippen molar-refractivity contribution in [3.63, 3.8) is 0 Å². The Balaban J connectivity index is 2.89. The molecule has 0 unspecified atom stereocenters. The number of nitrogens with one attached hydrogen (secondary N) is 1. The molecule has 0 saturated carbocycles. The Hall–Kier alpha value is 0.275. The van der Waals surface area contributed by atoms with E-state index in [1.807, 2.05) is 0 Å². The molecule has 1 aliphatic heterocycles. The Bertz CT molecular complexity index is 255. The molecule has 4 heteroatoms. The summed E-state index contributed by atoms with van der Waals surface area (Å²) in [7, 11) is 0. The molecule has 17 heavy (non-hydrogen) atoms. The van der Waals surface area contributed by atoms with Gasteiger partial charge in [0, 0.05) is 16.6 Å². The maximum atomic E-state index is 6.63. The zero-order chi connectivity index (χ0) is 13.5. The van der Waals surface area contributed by atoms with E-state index in [9.17, 15) is 0 Å². The van der Waals surface area contributed by atoms with Crippen LogP contribution >= 0.6 is 11.5 Å². The van der Waals surface area contributed by atoms with Gasteiger partial charge in [-0.3, -0.25) is 0 Å². The van der Waals surface area contributed by atoms with Crippen LogP contribution in [0.25, 0.3) is 0 Å². The summed E-state index contributed by atoms with van der Waals surface area (Å²) in [5.41, 5.74) is 0.356. The SMILES string of the molecule is CC(C)(C)NB(Cl)N1C(C)(C)CCCC1(C)C. The number of rotatable bonds is 2. The predicted molar refractivity (Wildman–Crippen MR) is 78.3 cm³/mol. The molecule has 1 fully saturated rings. The molecule has 0 aliphatic carbocycles. The molecular formula is C13H28BClN2. The molecule has 1 saturated heterocycles. The second-order valence-electron chi connectivity index (χ2n) is 7.58. The standard InChI is InChI=1S/C13H28BClN2/c1-11(2,3)16-14(15)17-12(4,5)9-8-10-13(17,6)7/h16H,8-10H2,1-7H3. The second-order valence-corrected chi connectivity index (χ2v) is 7.99. The van der Waals surface area contributed by atoms with Crippen LogP contribution in [0.3, 0.4) is 0 Å². The van der Waals surface area contributed by atoms with E-state index in [4.69, 9.17) is 11.5 Å². The van der Waals surface area contributed by atoms with Gasteiger partial charge in [0.1, 0.15) is 0 Å². The van der Waals surface area contributed by atoms with E-state index in [2.05, 4.69) is 58.5 Å². The zero-order valence-electron chi connectivity index (χ0n) is 12.5. The van der Waals surface area contributed by atoms with Crippen molar-refractivity contribution in [2.24, 2.45) is 0 Å². The molecule has 0 atom stereocenters. The highest BCUT2D eigenvalue weighted by Crippen LogP contribution is 2.39. The van der Waals surface area contributed by atoms with E-state index >= 15 is 0 Å². The normalized spacial score (nSPS) is 24.7. The van der Waals surface area contributed by atoms with Crippen LogP contribution in [0.4, 0.5) is 0 Å². The van der Waals surface area contributed by atoms with Gasteiger partial charge in [0.25, 0.3) is 0 Å². The van der Waals surface area contributed by atoms with Crippen molar-refractivity contribution in [3.05, 3.63) is 0 Å². The van der Waals surface area contributed by atoms with Crippen LogP contribution in [0.2, 0.25) is 0 Å². The summed E-state index contributed by atoms with van der Waals surface area (Å²) in [6.45, 7) is 15.7. The lowest BCUT2D eigenvalue weighted by Gasteiger charge is -2.55. The molecule has 0 aromatic heterocycles. The summed E-state index contributed by atoms with van der Waals surface area (Å²) in [4.78, 5) is 2.44. The van der Waals surface area contributed by atoms with Gasteiger partial charge in [0.05, 0.1) is 0 Å². The maximum absolute atomic E-state index is 6.63. The molecule has 100 valence electrons. The minimum atomic E-state index is -0.111. The Kier molecular flexibility index (Phi) is 4.28. The maximum Gasteiger partial charge on any atom is 0.417 e. The molecule has 0 spiro atoms. The fourth-order valence-corrected chi connectivity index (χ4v) is 3.91. The molecule has 1 aliphatic rings. The Morgan fingerprint density at radius 1 is 1.06 bits per heavy atom. The van der Waals surface area contributed by atoms with Gasteiger partial charge in [0.2, 0.25) is 0 Å². The molecule has 0 aromatic carbocycles. The lowest BCUT2D eigenvalue weighted by Crippen LogP contribution is -2.68. The van der Waals surface area contributed by atoms with Crippen LogP contribution < -0.4 is 5.23 Å². The van der Waals surface area contributed by atoms with E-state index < -0.39 is 0 Å².